The molecule has 0 aromatic rings. The average molecular weight is 258 g/mol. The van der Waals surface area contributed by atoms with Gasteiger partial charge in [-0.05, 0) is 19.8 Å². The zero-order valence-corrected chi connectivity index (χ0v) is 11.3. The van der Waals surface area contributed by atoms with Gasteiger partial charge in [0, 0.05) is 38.8 Å². The van der Waals surface area contributed by atoms with Gasteiger partial charge in [-0.1, -0.05) is 0 Å². The Kier molecular flexibility index (Phi) is 5.85. The summed E-state index contributed by atoms with van der Waals surface area (Å²) in [6.45, 7) is 7.81. The van der Waals surface area contributed by atoms with Gasteiger partial charge in [-0.3, -0.25) is 4.90 Å². The summed E-state index contributed by atoms with van der Waals surface area (Å²) in [7, 11) is 0. The summed E-state index contributed by atoms with van der Waals surface area (Å²) in [5, 5.41) is 13.5. The molecular weight excluding hydrogens is 232 g/mol. The SMILES string of the molecule is CC1CC(NCC(O)CN2CCOCC2)CCO1. The van der Waals surface area contributed by atoms with Crippen molar-refractivity contribution in [2.24, 2.45) is 0 Å². The van der Waals surface area contributed by atoms with Gasteiger partial charge in [0.25, 0.3) is 0 Å². The first-order valence-corrected chi connectivity index (χ1v) is 7.07. The van der Waals surface area contributed by atoms with Crippen molar-refractivity contribution in [3.05, 3.63) is 0 Å². The van der Waals surface area contributed by atoms with E-state index in [9.17, 15) is 5.11 Å². The lowest BCUT2D eigenvalue weighted by molar-refractivity contribution is 0.00295. The Bertz CT molecular complexity index is 234. The molecule has 5 heteroatoms. The first-order chi connectivity index (χ1) is 8.74. The van der Waals surface area contributed by atoms with Crippen LogP contribution >= 0.6 is 0 Å². The van der Waals surface area contributed by atoms with Crippen molar-refractivity contribution < 1.29 is 14.6 Å². The van der Waals surface area contributed by atoms with Gasteiger partial charge in [0.2, 0.25) is 0 Å². The number of rotatable bonds is 5. The van der Waals surface area contributed by atoms with Crippen LogP contribution in [0.1, 0.15) is 19.8 Å². The van der Waals surface area contributed by atoms with E-state index in [-0.39, 0.29) is 6.10 Å². The second kappa shape index (κ2) is 7.40. The number of hydrogen-bond acceptors (Lipinski definition) is 5. The molecule has 0 aliphatic carbocycles. The number of β-amino-alcohol motifs (C(OH)–C–C–N with tert-alkyl or cyclic N) is 1. The second-order valence-corrected chi connectivity index (χ2v) is 5.38. The van der Waals surface area contributed by atoms with Gasteiger partial charge in [-0.15, -0.1) is 0 Å². The van der Waals surface area contributed by atoms with Gasteiger partial charge in [-0.2, -0.15) is 0 Å². The van der Waals surface area contributed by atoms with E-state index in [0.29, 0.717) is 18.7 Å². The van der Waals surface area contributed by atoms with E-state index in [0.717, 1.165) is 52.3 Å². The zero-order valence-electron chi connectivity index (χ0n) is 11.3. The standard InChI is InChI=1S/C13H26N2O3/c1-11-8-12(2-5-18-11)14-9-13(16)10-15-3-6-17-7-4-15/h11-14,16H,2-10H2,1H3. The van der Waals surface area contributed by atoms with E-state index in [4.69, 9.17) is 9.47 Å². The van der Waals surface area contributed by atoms with Crippen LogP contribution in [0.5, 0.6) is 0 Å². The smallest absolute Gasteiger partial charge is 0.0791 e. The number of nitrogens with one attached hydrogen (secondary N) is 1. The summed E-state index contributed by atoms with van der Waals surface area (Å²) in [4.78, 5) is 2.27. The lowest BCUT2D eigenvalue weighted by Gasteiger charge is -2.31. The molecule has 0 bridgehead atoms. The minimum absolute atomic E-state index is 0.291. The van der Waals surface area contributed by atoms with E-state index in [1.165, 1.54) is 0 Å². The average Bonchev–Trinajstić information content (AvgIpc) is 2.38. The Morgan fingerprint density at radius 2 is 2.11 bits per heavy atom. The van der Waals surface area contributed by atoms with Gasteiger partial charge < -0.3 is 19.9 Å². The molecule has 2 aliphatic heterocycles. The maximum Gasteiger partial charge on any atom is 0.0791 e. The molecule has 2 saturated heterocycles. The van der Waals surface area contributed by atoms with Crippen LogP contribution in [0.3, 0.4) is 0 Å². The van der Waals surface area contributed by atoms with E-state index >= 15 is 0 Å². The number of nitrogens with zero attached hydrogens (tertiary/aromatic N) is 1. The third kappa shape index (κ3) is 4.82. The zero-order chi connectivity index (χ0) is 12.8. The quantitative estimate of drug-likeness (QED) is 0.717. The van der Waals surface area contributed by atoms with Crippen LogP contribution < -0.4 is 5.32 Å². The van der Waals surface area contributed by atoms with E-state index < -0.39 is 0 Å². The fourth-order valence-electron chi connectivity index (χ4n) is 2.63. The largest absolute Gasteiger partial charge is 0.390 e. The van der Waals surface area contributed by atoms with Crippen molar-refractivity contribution in [3.8, 4) is 0 Å². The molecular formula is C13H26N2O3. The number of aliphatic hydroxyl groups excluding tert-OH is 1. The highest BCUT2D eigenvalue weighted by atomic mass is 16.5. The number of ether oxygens (including phenoxy) is 2. The van der Waals surface area contributed by atoms with Crippen LogP contribution in [0.15, 0.2) is 0 Å². The molecule has 5 nitrogen and oxygen atoms in total. The van der Waals surface area contributed by atoms with Gasteiger partial charge >= 0.3 is 0 Å². The highest BCUT2D eigenvalue weighted by molar-refractivity contribution is 4.77. The Morgan fingerprint density at radius 1 is 1.33 bits per heavy atom. The van der Waals surface area contributed by atoms with Gasteiger partial charge in [0.05, 0.1) is 25.4 Å². The molecule has 2 N–H and O–H groups in total. The molecule has 2 fully saturated rings. The van der Waals surface area contributed by atoms with Crippen molar-refractivity contribution >= 4 is 0 Å². The first kappa shape index (κ1) is 14.2. The second-order valence-electron chi connectivity index (χ2n) is 5.38. The summed E-state index contributed by atoms with van der Waals surface area (Å²) in [6.07, 6.45) is 2.15. The van der Waals surface area contributed by atoms with Crippen LogP contribution in [0.25, 0.3) is 0 Å². The first-order valence-electron chi connectivity index (χ1n) is 7.07. The molecule has 2 rings (SSSR count). The number of aliphatic hydroxyl groups is 1. The fourth-order valence-corrected chi connectivity index (χ4v) is 2.63. The lowest BCUT2D eigenvalue weighted by atomic mass is 10.0. The van der Waals surface area contributed by atoms with Gasteiger partial charge in [-0.25, -0.2) is 0 Å². The maximum atomic E-state index is 10.0. The molecule has 106 valence electrons. The molecule has 0 spiro atoms. The highest BCUT2D eigenvalue weighted by Gasteiger charge is 2.20. The maximum absolute atomic E-state index is 10.0. The van der Waals surface area contributed by atoms with Gasteiger partial charge in [0.1, 0.15) is 0 Å². The van der Waals surface area contributed by atoms with Crippen LogP contribution in [-0.2, 0) is 9.47 Å². The van der Waals surface area contributed by atoms with Crippen LogP contribution in [-0.4, -0.2) is 74.3 Å². The van der Waals surface area contributed by atoms with Crippen LogP contribution in [0.4, 0.5) is 0 Å². The predicted molar refractivity (Wildman–Crippen MR) is 69.7 cm³/mol. The van der Waals surface area contributed by atoms with Gasteiger partial charge in [0.15, 0.2) is 0 Å². The molecule has 3 unspecified atom stereocenters. The molecule has 0 aromatic heterocycles. The third-order valence-corrected chi connectivity index (χ3v) is 3.70. The summed E-state index contributed by atoms with van der Waals surface area (Å²) in [5.74, 6) is 0. The Balaban J connectivity index is 1.60. The van der Waals surface area contributed by atoms with Crippen molar-refractivity contribution in [2.45, 2.75) is 38.0 Å². The molecule has 3 atom stereocenters. The van der Waals surface area contributed by atoms with E-state index in [1.807, 2.05) is 0 Å². The number of morpholine rings is 1. The number of hydrogen-bond donors (Lipinski definition) is 2. The van der Waals surface area contributed by atoms with Crippen molar-refractivity contribution in [1.82, 2.24) is 10.2 Å². The lowest BCUT2D eigenvalue weighted by Crippen LogP contribution is -2.46. The van der Waals surface area contributed by atoms with Crippen molar-refractivity contribution in [1.29, 1.82) is 0 Å². The summed E-state index contributed by atoms with van der Waals surface area (Å²) in [6, 6.07) is 0.494. The molecule has 2 heterocycles. The predicted octanol–water partition coefficient (Wildman–Crippen LogP) is -0.163. The molecule has 2 aliphatic rings. The fraction of sp³-hybridized carbons (Fsp3) is 1.00. The van der Waals surface area contributed by atoms with Crippen LogP contribution in [0, 0.1) is 0 Å². The summed E-state index contributed by atoms with van der Waals surface area (Å²) < 4.78 is 10.8. The molecule has 18 heavy (non-hydrogen) atoms. The molecule has 0 radical (unpaired) electrons. The molecule has 0 saturated carbocycles. The summed E-state index contributed by atoms with van der Waals surface area (Å²) >= 11 is 0. The minimum Gasteiger partial charge on any atom is -0.390 e. The monoisotopic (exact) mass is 258 g/mol. The van der Waals surface area contributed by atoms with E-state index in [1.54, 1.807) is 0 Å². The van der Waals surface area contributed by atoms with Crippen molar-refractivity contribution in [3.63, 3.8) is 0 Å². The molecule has 0 amide bonds. The normalized spacial score (nSPS) is 32.3. The Hall–Kier alpha value is -0.200. The highest BCUT2D eigenvalue weighted by Crippen LogP contribution is 2.13. The Morgan fingerprint density at radius 3 is 2.83 bits per heavy atom. The molecule has 0 aromatic carbocycles. The van der Waals surface area contributed by atoms with Crippen molar-refractivity contribution in [2.75, 3.05) is 46.0 Å². The summed E-state index contributed by atoms with van der Waals surface area (Å²) in [5.41, 5.74) is 0. The third-order valence-electron chi connectivity index (χ3n) is 3.70. The Labute approximate surface area is 109 Å². The minimum atomic E-state index is -0.291. The van der Waals surface area contributed by atoms with E-state index in [2.05, 4.69) is 17.1 Å². The topological polar surface area (TPSA) is 54.0 Å². The van der Waals surface area contributed by atoms with Crippen LogP contribution in [0.2, 0.25) is 0 Å².